The molecule has 0 aliphatic carbocycles. The highest BCUT2D eigenvalue weighted by molar-refractivity contribution is 9.10. The molecule has 0 aromatic heterocycles. The quantitative estimate of drug-likeness (QED) is 0.712. The molecule has 1 N–H and O–H groups in total. The summed E-state index contributed by atoms with van der Waals surface area (Å²) in [5, 5.41) is 3.43. The Balaban J connectivity index is 2.20. The number of carbonyl (C=O) groups excluding carboxylic acids is 1. The van der Waals surface area contributed by atoms with Crippen LogP contribution in [0.25, 0.3) is 0 Å². The molecule has 98 valence electrons. The summed E-state index contributed by atoms with van der Waals surface area (Å²) in [7, 11) is 0. The molecular formula is C14H10Br2ClNO. The molecule has 5 heteroatoms. The van der Waals surface area contributed by atoms with Gasteiger partial charge >= 0.3 is 0 Å². The Labute approximate surface area is 133 Å². The molecule has 0 saturated carbocycles. The van der Waals surface area contributed by atoms with Crippen LogP contribution >= 0.6 is 43.5 Å². The van der Waals surface area contributed by atoms with E-state index in [-0.39, 0.29) is 5.91 Å². The number of benzene rings is 2. The van der Waals surface area contributed by atoms with Gasteiger partial charge in [0.15, 0.2) is 0 Å². The van der Waals surface area contributed by atoms with Crippen LogP contribution in [0.15, 0.2) is 45.3 Å². The standard InChI is InChI=1S/C14H10Br2ClNO/c1-8-6-10(3-4-11(8)15)18-14(19)9-2-5-13(17)12(16)7-9/h2-7H,1H3,(H,18,19). The van der Waals surface area contributed by atoms with Crippen molar-refractivity contribution < 1.29 is 4.79 Å². The van der Waals surface area contributed by atoms with Crippen molar-refractivity contribution >= 4 is 55.1 Å². The molecule has 0 aliphatic heterocycles. The van der Waals surface area contributed by atoms with Crippen molar-refractivity contribution in [1.82, 2.24) is 0 Å². The minimum Gasteiger partial charge on any atom is -0.322 e. The van der Waals surface area contributed by atoms with Crippen molar-refractivity contribution in [3.8, 4) is 0 Å². The van der Waals surface area contributed by atoms with Gasteiger partial charge in [0.1, 0.15) is 0 Å². The first kappa shape index (κ1) is 14.6. The van der Waals surface area contributed by atoms with Gasteiger partial charge < -0.3 is 5.32 Å². The van der Waals surface area contributed by atoms with Gasteiger partial charge in [0.25, 0.3) is 5.91 Å². The fraction of sp³-hybridized carbons (Fsp3) is 0.0714. The SMILES string of the molecule is Cc1cc(NC(=O)c2ccc(Cl)c(Br)c2)ccc1Br. The molecule has 1 amide bonds. The summed E-state index contributed by atoms with van der Waals surface area (Å²) in [5.41, 5.74) is 2.38. The van der Waals surface area contributed by atoms with Crippen molar-refractivity contribution in [2.45, 2.75) is 6.92 Å². The third-order valence-corrected chi connectivity index (χ3v) is 4.70. The Hall–Kier alpha value is -0.840. The van der Waals surface area contributed by atoms with Gasteiger partial charge in [0.2, 0.25) is 0 Å². The first-order valence-corrected chi connectivity index (χ1v) is 7.46. The monoisotopic (exact) mass is 401 g/mol. The lowest BCUT2D eigenvalue weighted by atomic mass is 10.2. The van der Waals surface area contributed by atoms with Crippen LogP contribution in [-0.4, -0.2) is 5.91 Å². The zero-order valence-electron chi connectivity index (χ0n) is 10.0. The van der Waals surface area contributed by atoms with Crippen LogP contribution in [0.4, 0.5) is 5.69 Å². The van der Waals surface area contributed by atoms with E-state index in [1.165, 1.54) is 0 Å². The molecule has 0 atom stereocenters. The molecule has 0 heterocycles. The topological polar surface area (TPSA) is 29.1 Å². The number of rotatable bonds is 2. The molecule has 0 unspecified atom stereocenters. The van der Waals surface area contributed by atoms with Crippen molar-refractivity contribution in [1.29, 1.82) is 0 Å². The van der Waals surface area contributed by atoms with E-state index in [0.29, 0.717) is 15.1 Å². The van der Waals surface area contributed by atoms with E-state index in [1.54, 1.807) is 18.2 Å². The van der Waals surface area contributed by atoms with E-state index in [1.807, 2.05) is 25.1 Å². The van der Waals surface area contributed by atoms with Gasteiger partial charge in [0, 0.05) is 20.2 Å². The van der Waals surface area contributed by atoms with Crippen LogP contribution in [0.5, 0.6) is 0 Å². The van der Waals surface area contributed by atoms with Crippen LogP contribution in [0.3, 0.4) is 0 Å². The number of aryl methyl sites for hydroxylation is 1. The smallest absolute Gasteiger partial charge is 0.255 e. The number of carbonyl (C=O) groups is 1. The molecule has 19 heavy (non-hydrogen) atoms. The largest absolute Gasteiger partial charge is 0.322 e. The Morgan fingerprint density at radius 3 is 2.47 bits per heavy atom. The van der Waals surface area contributed by atoms with E-state index < -0.39 is 0 Å². The van der Waals surface area contributed by atoms with E-state index in [4.69, 9.17) is 11.6 Å². The Morgan fingerprint density at radius 1 is 1.11 bits per heavy atom. The molecule has 0 spiro atoms. The van der Waals surface area contributed by atoms with Crippen LogP contribution in [0, 0.1) is 6.92 Å². The average molecular weight is 404 g/mol. The molecular weight excluding hydrogens is 393 g/mol. The summed E-state index contributed by atoms with van der Waals surface area (Å²) < 4.78 is 1.72. The summed E-state index contributed by atoms with van der Waals surface area (Å²) in [5.74, 6) is -0.168. The molecule has 2 nitrogen and oxygen atoms in total. The first-order chi connectivity index (χ1) is 8.97. The van der Waals surface area contributed by atoms with Gasteiger partial charge in [-0.15, -0.1) is 0 Å². The second kappa shape index (κ2) is 6.07. The molecule has 0 aliphatic rings. The summed E-state index contributed by atoms with van der Waals surface area (Å²) in [6.45, 7) is 1.97. The van der Waals surface area contributed by atoms with Crippen LogP contribution in [-0.2, 0) is 0 Å². The second-order valence-corrected chi connectivity index (χ2v) is 6.16. The highest BCUT2D eigenvalue weighted by Gasteiger charge is 2.08. The van der Waals surface area contributed by atoms with E-state index >= 15 is 0 Å². The van der Waals surface area contributed by atoms with Crippen LogP contribution in [0.2, 0.25) is 5.02 Å². The van der Waals surface area contributed by atoms with Gasteiger partial charge in [-0.2, -0.15) is 0 Å². The zero-order chi connectivity index (χ0) is 14.0. The van der Waals surface area contributed by atoms with Crippen molar-refractivity contribution in [2.24, 2.45) is 0 Å². The van der Waals surface area contributed by atoms with Crippen molar-refractivity contribution in [3.05, 3.63) is 61.5 Å². The third-order valence-electron chi connectivity index (χ3n) is 2.60. The highest BCUT2D eigenvalue weighted by Crippen LogP contribution is 2.24. The van der Waals surface area contributed by atoms with E-state index in [9.17, 15) is 4.79 Å². The number of nitrogens with one attached hydrogen (secondary N) is 1. The summed E-state index contributed by atoms with van der Waals surface area (Å²) in [4.78, 5) is 12.1. The maximum Gasteiger partial charge on any atom is 0.255 e. The molecule has 0 radical (unpaired) electrons. The Kier molecular flexibility index (Phi) is 4.66. The number of hydrogen-bond acceptors (Lipinski definition) is 1. The van der Waals surface area contributed by atoms with E-state index in [0.717, 1.165) is 15.7 Å². The molecule has 2 rings (SSSR count). The van der Waals surface area contributed by atoms with Crippen molar-refractivity contribution in [3.63, 3.8) is 0 Å². The third kappa shape index (κ3) is 3.59. The van der Waals surface area contributed by atoms with Gasteiger partial charge in [-0.25, -0.2) is 0 Å². The van der Waals surface area contributed by atoms with E-state index in [2.05, 4.69) is 37.2 Å². The molecule has 0 bridgehead atoms. The predicted molar refractivity (Wildman–Crippen MR) is 86.0 cm³/mol. The maximum absolute atomic E-state index is 12.1. The lowest BCUT2D eigenvalue weighted by Gasteiger charge is -2.08. The zero-order valence-corrected chi connectivity index (χ0v) is 13.9. The first-order valence-electron chi connectivity index (χ1n) is 5.50. The minimum atomic E-state index is -0.168. The Bertz CT molecular complexity index is 643. The van der Waals surface area contributed by atoms with Gasteiger partial charge in [0.05, 0.1) is 5.02 Å². The van der Waals surface area contributed by atoms with Gasteiger partial charge in [-0.3, -0.25) is 4.79 Å². The Morgan fingerprint density at radius 2 is 1.84 bits per heavy atom. The predicted octanol–water partition coefficient (Wildman–Crippen LogP) is 5.43. The summed E-state index contributed by atoms with van der Waals surface area (Å²) >= 11 is 12.6. The fourth-order valence-corrected chi connectivity index (χ4v) is 2.31. The number of amides is 1. The molecule has 2 aromatic rings. The van der Waals surface area contributed by atoms with Crippen molar-refractivity contribution in [2.75, 3.05) is 5.32 Å². The number of hydrogen-bond donors (Lipinski definition) is 1. The lowest BCUT2D eigenvalue weighted by Crippen LogP contribution is -2.11. The second-order valence-electron chi connectivity index (χ2n) is 4.05. The fourth-order valence-electron chi connectivity index (χ4n) is 1.56. The van der Waals surface area contributed by atoms with Crippen LogP contribution in [0.1, 0.15) is 15.9 Å². The average Bonchev–Trinajstić information content (AvgIpc) is 2.37. The highest BCUT2D eigenvalue weighted by atomic mass is 79.9. The minimum absolute atomic E-state index is 0.168. The van der Waals surface area contributed by atoms with Crippen LogP contribution < -0.4 is 5.32 Å². The van der Waals surface area contributed by atoms with Gasteiger partial charge in [-0.05, 0) is 64.8 Å². The molecule has 0 saturated heterocycles. The number of anilines is 1. The lowest BCUT2D eigenvalue weighted by molar-refractivity contribution is 0.102. The summed E-state index contributed by atoms with van der Waals surface area (Å²) in [6, 6.07) is 10.7. The molecule has 2 aromatic carbocycles. The van der Waals surface area contributed by atoms with Gasteiger partial charge in [-0.1, -0.05) is 27.5 Å². The maximum atomic E-state index is 12.1. The number of halogens is 3. The normalized spacial score (nSPS) is 10.3. The summed E-state index contributed by atoms with van der Waals surface area (Å²) in [6.07, 6.45) is 0. The molecule has 0 fully saturated rings.